The number of hydrogen-bond donors (Lipinski definition) is 1. The maximum Gasteiger partial charge on any atom is 0.264 e. The summed E-state index contributed by atoms with van der Waals surface area (Å²) < 4.78 is 28.4. The normalized spacial score (nSPS) is 12.2. The fourth-order valence-electron chi connectivity index (χ4n) is 3.86. The number of carbonyl (C=O) groups excluding carboxylic acids is 2. The van der Waals surface area contributed by atoms with Crippen molar-refractivity contribution in [1.82, 2.24) is 10.2 Å². The summed E-state index contributed by atoms with van der Waals surface area (Å²) in [5.41, 5.74) is 1.17. The average Bonchev–Trinajstić information content (AvgIpc) is 2.89. The molecule has 3 rings (SSSR count). The summed E-state index contributed by atoms with van der Waals surface area (Å²) in [4.78, 5) is 28.1. The van der Waals surface area contributed by atoms with Gasteiger partial charge in [-0.25, -0.2) is 8.42 Å². The van der Waals surface area contributed by atoms with Crippen molar-refractivity contribution in [3.05, 3.63) is 94.5 Å². The second-order valence-electron chi connectivity index (χ2n) is 9.09. The molecule has 0 aliphatic carbocycles. The highest BCUT2D eigenvalue weighted by atomic mass is 35.5. The second kappa shape index (κ2) is 13.1. The van der Waals surface area contributed by atoms with Crippen molar-refractivity contribution in [3.8, 4) is 0 Å². The molecule has 0 heterocycles. The first-order chi connectivity index (χ1) is 18.0. The van der Waals surface area contributed by atoms with Crippen molar-refractivity contribution in [2.75, 3.05) is 17.4 Å². The Bertz CT molecular complexity index is 1350. The minimum atomic E-state index is -4.16. The van der Waals surface area contributed by atoms with E-state index in [2.05, 4.69) is 5.32 Å². The van der Waals surface area contributed by atoms with Crippen LogP contribution in [0.2, 0.25) is 10.0 Å². The minimum Gasteiger partial charge on any atom is -0.352 e. The van der Waals surface area contributed by atoms with E-state index < -0.39 is 28.5 Å². The Hall–Kier alpha value is -3.07. The third kappa shape index (κ3) is 7.49. The molecule has 202 valence electrons. The Morgan fingerprint density at radius 2 is 1.47 bits per heavy atom. The van der Waals surface area contributed by atoms with Crippen molar-refractivity contribution >= 4 is 50.7 Å². The first-order valence-corrected chi connectivity index (χ1v) is 14.4. The van der Waals surface area contributed by atoms with E-state index in [1.807, 2.05) is 44.2 Å². The second-order valence-corrected chi connectivity index (χ2v) is 11.8. The van der Waals surface area contributed by atoms with Gasteiger partial charge >= 0.3 is 0 Å². The molecule has 3 aromatic rings. The zero-order valence-electron chi connectivity index (χ0n) is 21.5. The molecular formula is C28H31Cl2N3O4S. The predicted octanol–water partition coefficient (Wildman–Crippen LogP) is 5.17. The zero-order chi connectivity index (χ0) is 27.9. The summed E-state index contributed by atoms with van der Waals surface area (Å²) in [5, 5.41) is 3.23. The van der Waals surface area contributed by atoms with Crippen LogP contribution in [0.3, 0.4) is 0 Å². The fraction of sp³-hybridized carbons (Fsp3) is 0.286. The van der Waals surface area contributed by atoms with Crippen LogP contribution in [0, 0.1) is 0 Å². The smallest absolute Gasteiger partial charge is 0.264 e. The summed E-state index contributed by atoms with van der Waals surface area (Å²) >= 11 is 12.3. The monoisotopic (exact) mass is 575 g/mol. The Morgan fingerprint density at radius 3 is 2.05 bits per heavy atom. The lowest BCUT2D eigenvalue weighted by molar-refractivity contribution is -0.139. The van der Waals surface area contributed by atoms with Crippen molar-refractivity contribution in [2.24, 2.45) is 0 Å². The van der Waals surface area contributed by atoms with Crippen LogP contribution in [0.15, 0.2) is 83.8 Å². The van der Waals surface area contributed by atoms with Crippen molar-refractivity contribution in [1.29, 1.82) is 0 Å². The SMILES string of the molecule is CC(C)NC(=O)[C@H](C)N(CCc1ccccc1)C(=O)CN(c1ccc(Cl)c(Cl)c1)S(=O)(=O)c1ccccc1. The molecule has 0 saturated heterocycles. The van der Waals surface area contributed by atoms with Gasteiger partial charge in [0.1, 0.15) is 12.6 Å². The maximum absolute atomic E-state index is 13.8. The molecule has 0 aromatic heterocycles. The third-order valence-corrected chi connectivity index (χ3v) is 8.41. The van der Waals surface area contributed by atoms with Gasteiger partial charge in [-0.05, 0) is 63.1 Å². The first kappa shape index (κ1) is 29.5. The van der Waals surface area contributed by atoms with Crippen LogP contribution in [0.5, 0.6) is 0 Å². The fourth-order valence-corrected chi connectivity index (χ4v) is 5.58. The van der Waals surface area contributed by atoms with Crippen LogP contribution in [0.4, 0.5) is 5.69 Å². The molecule has 0 bridgehead atoms. The van der Waals surface area contributed by atoms with Gasteiger partial charge in [0.05, 0.1) is 20.6 Å². The topological polar surface area (TPSA) is 86.8 Å². The number of nitrogens with zero attached hydrogens (tertiary/aromatic N) is 2. The summed E-state index contributed by atoms with van der Waals surface area (Å²) in [6.45, 7) is 4.98. The van der Waals surface area contributed by atoms with Crippen LogP contribution in [0.25, 0.3) is 0 Å². The van der Waals surface area contributed by atoms with Gasteiger partial charge in [0.15, 0.2) is 0 Å². The molecule has 1 atom stereocenters. The Labute approximate surface area is 234 Å². The van der Waals surface area contributed by atoms with Crippen LogP contribution in [-0.4, -0.2) is 50.3 Å². The van der Waals surface area contributed by atoms with Gasteiger partial charge in [-0.3, -0.25) is 13.9 Å². The highest BCUT2D eigenvalue weighted by Crippen LogP contribution is 2.30. The predicted molar refractivity (Wildman–Crippen MR) is 152 cm³/mol. The number of nitrogens with one attached hydrogen (secondary N) is 1. The molecule has 0 aliphatic heterocycles. The molecule has 2 amide bonds. The number of sulfonamides is 1. The molecule has 0 radical (unpaired) electrons. The lowest BCUT2D eigenvalue weighted by Crippen LogP contribution is -2.53. The summed E-state index contributed by atoms with van der Waals surface area (Å²) in [7, 11) is -4.16. The van der Waals surface area contributed by atoms with Gasteiger partial charge in [-0.2, -0.15) is 0 Å². The highest BCUT2D eigenvalue weighted by molar-refractivity contribution is 7.92. The number of anilines is 1. The number of carbonyl (C=O) groups is 2. The quantitative estimate of drug-likeness (QED) is 0.341. The van der Waals surface area contributed by atoms with Gasteiger partial charge in [-0.15, -0.1) is 0 Å². The third-order valence-electron chi connectivity index (χ3n) is 5.88. The van der Waals surface area contributed by atoms with Gasteiger partial charge in [0.25, 0.3) is 10.0 Å². The average molecular weight is 577 g/mol. The lowest BCUT2D eigenvalue weighted by Gasteiger charge is -2.32. The van der Waals surface area contributed by atoms with Gasteiger partial charge in [0.2, 0.25) is 11.8 Å². The molecule has 0 saturated carbocycles. The van der Waals surface area contributed by atoms with Crippen LogP contribution < -0.4 is 9.62 Å². The van der Waals surface area contributed by atoms with Gasteiger partial charge in [0, 0.05) is 12.6 Å². The van der Waals surface area contributed by atoms with Crippen LogP contribution >= 0.6 is 23.2 Å². The molecule has 0 aliphatic rings. The van der Waals surface area contributed by atoms with E-state index in [1.165, 1.54) is 35.2 Å². The summed E-state index contributed by atoms with van der Waals surface area (Å²) in [6, 6.07) is 20.8. The molecule has 0 fully saturated rings. The Morgan fingerprint density at radius 1 is 0.868 bits per heavy atom. The Balaban J connectivity index is 1.99. The molecule has 1 N–H and O–H groups in total. The van der Waals surface area contributed by atoms with Gasteiger partial charge < -0.3 is 10.2 Å². The molecule has 38 heavy (non-hydrogen) atoms. The maximum atomic E-state index is 13.8. The van der Waals surface area contributed by atoms with Crippen LogP contribution in [-0.2, 0) is 26.0 Å². The number of hydrogen-bond acceptors (Lipinski definition) is 4. The van der Waals surface area contributed by atoms with E-state index in [4.69, 9.17) is 23.2 Å². The minimum absolute atomic E-state index is 0.0142. The zero-order valence-corrected chi connectivity index (χ0v) is 23.8. The number of rotatable bonds is 11. The van der Waals surface area contributed by atoms with E-state index in [1.54, 1.807) is 25.1 Å². The standard InChI is InChI=1S/C28H31Cl2N3O4S/c1-20(2)31-28(35)21(3)32(17-16-22-10-6-4-7-11-22)27(34)19-33(23-14-15-25(29)26(30)18-23)38(36,37)24-12-8-5-9-13-24/h4-15,18,20-21H,16-17,19H2,1-3H3,(H,31,35)/t21-/m0/s1. The van der Waals surface area contributed by atoms with Crippen LogP contribution in [0.1, 0.15) is 26.3 Å². The molecule has 0 unspecified atom stereocenters. The summed E-state index contributed by atoms with van der Waals surface area (Å²) in [6.07, 6.45) is 0.490. The highest BCUT2D eigenvalue weighted by Gasteiger charge is 2.32. The van der Waals surface area contributed by atoms with E-state index in [0.717, 1.165) is 9.87 Å². The first-order valence-electron chi connectivity index (χ1n) is 12.2. The number of benzene rings is 3. The molecule has 7 nitrogen and oxygen atoms in total. The molecule has 3 aromatic carbocycles. The number of halogens is 2. The van der Waals surface area contributed by atoms with Gasteiger partial charge in [-0.1, -0.05) is 71.7 Å². The van der Waals surface area contributed by atoms with E-state index in [0.29, 0.717) is 6.42 Å². The molecular weight excluding hydrogens is 545 g/mol. The van der Waals surface area contributed by atoms with Crippen molar-refractivity contribution < 1.29 is 18.0 Å². The summed E-state index contributed by atoms with van der Waals surface area (Å²) in [5.74, 6) is -0.855. The van der Waals surface area contributed by atoms with E-state index in [-0.39, 0.29) is 39.1 Å². The Kier molecular flexibility index (Phi) is 10.2. The van der Waals surface area contributed by atoms with Crippen molar-refractivity contribution in [3.63, 3.8) is 0 Å². The number of amides is 2. The van der Waals surface area contributed by atoms with E-state index >= 15 is 0 Å². The van der Waals surface area contributed by atoms with E-state index in [9.17, 15) is 18.0 Å². The molecule has 10 heteroatoms. The van der Waals surface area contributed by atoms with Crippen molar-refractivity contribution in [2.45, 2.75) is 44.2 Å². The molecule has 0 spiro atoms. The largest absolute Gasteiger partial charge is 0.352 e. The lowest BCUT2D eigenvalue weighted by atomic mass is 10.1.